The molecular weight excluding hydrogens is 236 g/mol. The first kappa shape index (κ1) is 14.8. The molecule has 0 unspecified atom stereocenters. The van der Waals surface area contributed by atoms with Crippen molar-refractivity contribution in [3.8, 4) is 0 Å². The van der Waals surface area contributed by atoms with Crippen LogP contribution in [0.4, 0.5) is 4.79 Å². The van der Waals surface area contributed by atoms with Gasteiger partial charge < -0.3 is 20.1 Å². The maximum Gasteiger partial charge on any atom is 0.410 e. The van der Waals surface area contributed by atoms with Gasteiger partial charge in [0.15, 0.2) is 0 Å². The molecule has 0 bridgehead atoms. The molecule has 1 aliphatic heterocycles. The molecule has 0 aromatic rings. The SMILES string of the molecule is CC(=O)NC[C@@H]1CN(C(=O)OC(C)(C)C)C[C@@H]1O. The van der Waals surface area contributed by atoms with Crippen molar-refractivity contribution in [2.45, 2.75) is 39.4 Å². The van der Waals surface area contributed by atoms with E-state index >= 15 is 0 Å². The fourth-order valence-corrected chi connectivity index (χ4v) is 1.81. The van der Waals surface area contributed by atoms with Gasteiger partial charge in [-0.3, -0.25) is 4.79 Å². The summed E-state index contributed by atoms with van der Waals surface area (Å²) in [6.45, 7) is 7.84. The zero-order valence-electron chi connectivity index (χ0n) is 11.4. The van der Waals surface area contributed by atoms with E-state index in [9.17, 15) is 14.7 Å². The molecule has 18 heavy (non-hydrogen) atoms. The van der Waals surface area contributed by atoms with Crippen LogP contribution in [0.5, 0.6) is 0 Å². The van der Waals surface area contributed by atoms with Crippen molar-refractivity contribution in [2.75, 3.05) is 19.6 Å². The normalized spacial score (nSPS) is 23.9. The van der Waals surface area contributed by atoms with E-state index in [0.29, 0.717) is 13.1 Å². The molecule has 1 fully saturated rings. The van der Waals surface area contributed by atoms with Crippen molar-refractivity contribution in [3.63, 3.8) is 0 Å². The van der Waals surface area contributed by atoms with Crippen LogP contribution in [0.15, 0.2) is 0 Å². The van der Waals surface area contributed by atoms with Crippen LogP contribution in [0.25, 0.3) is 0 Å². The van der Waals surface area contributed by atoms with Crippen molar-refractivity contribution < 1.29 is 19.4 Å². The van der Waals surface area contributed by atoms with Crippen molar-refractivity contribution in [1.82, 2.24) is 10.2 Å². The Labute approximate surface area is 107 Å². The largest absolute Gasteiger partial charge is 0.444 e. The summed E-state index contributed by atoms with van der Waals surface area (Å²) >= 11 is 0. The Bertz CT molecular complexity index is 325. The third-order valence-electron chi connectivity index (χ3n) is 2.67. The molecule has 1 heterocycles. The highest BCUT2D eigenvalue weighted by Crippen LogP contribution is 2.19. The highest BCUT2D eigenvalue weighted by Gasteiger charge is 2.35. The van der Waals surface area contributed by atoms with Crippen LogP contribution < -0.4 is 5.32 Å². The number of carbonyl (C=O) groups excluding carboxylic acids is 2. The first-order chi connectivity index (χ1) is 8.19. The molecular formula is C12H22N2O4. The van der Waals surface area contributed by atoms with Crippen LogP contribution in [0.2, 0.25) is 0 Å². The lowest BCUT2D eigenvalue weighted by molar-refractivity contribution is -0.119. The van der Waals surface area contributed by atoms with Crippen molar-refractivity contribution in [3.05, 3.63) is 0 Å². The van der Waals surface area contributed by atoms with Crippen LogP contribution in [-0.4, -0.2) is 53.3 Å². The maximum absolute atomic E-state index is 11.8. The maximum atomic E-state index is 11.8. The van der Waals surface area contributed by atoms with Crippen molar-refractivity contribution in [2.24, 2.45) is 5.92 Å². The monoisotopic (exact) mass is 258 g/mol. The summed E-state index contributed by atoms with van der Waals surface area (Å²) in [5.41, 5.74) is -0.544. The first-order valence-corrected chi connectivity index (χ1v) is 6.09. The molecule has 0 saturated carbocycles. The van der Waals surface area contributed by atoms with Crippen LogP contribution in [-0.2, 0) is 9.53 Å². The molecule has 0 spiro atoms. The molecule has 0 aliphatic carbocycles. The molecule has 104 valence electrons. The van der Waals surface area contributed by atoms with Crippen LogP contribution >= 0.6 is 0 Å². The summed E-state index contributed by atoms with van der Waals surface area (Å²) in [6.07, 6.45) is -1.05. The Morgan fingerprint density at radius 2 is 2.00 bits per heavy atom. The van der Waals surface area contributed by atoms with Crippen LogP contribution in [0.3, 0.4) is 0 Å². The molecule has 2 amide bonds. The van der Waals surface area contributed by atoms with E-state index in [-0.39, 0.29) is 18.4 Å². The zero-order valence-corrected chi connectivity index (χ0v) is 11.4. The highest BCUT2D eigenvalue weighted by molar-refractivity contribution is 5.72. The molecule has 0 aromatic heterocycles. The van der Waals surface area contributed by atoms with E-state index in [2.05, 4.69) is 5.32 Å². The van der Waals surface area contributed by atoms with Gasteiger partial charge in [0, 0.05) is 25.9 Å². The molecule has 1 aliphatic rings. The predicted octanol–water partition coefficient (Wildman–Crippen LogP) is 0.350. The van der Waals surface area contributed by atoms with Gasteiger partial charge in [-0.05, 0) is 20.8 Å². The molecule has 0 aromatic carbocycles. The Morgan fingerprint density at radius 3 is 2.50 bits per heavy atom. The second kappa shape index (κ2) is 5.56. The van der Waals surface area contributed by atoms with Gasteiger partial charge in [-0.25, -0.2) is 4.79 Å². The van der Waals surface area contributed by atoms with E-state index < -0.39 is 17.8 Å². The molecule has 6 heteroatoms. The standard InChI is InChI=1S/C12H22N2O4/c1-8(15)13-5-9-6-14(7-10(9)16)11(17)18-12(2,3)4/h9-10,16H,5-7H2,1-4H3,(H,13,15)/t9-,10+/m1/s1. The number of rotatable bonds is 2. The fourth-order valence-electron chi connectivity index (χ4n) is 1.81. The second-order valence-electron chi connectivity index (χ2n) is 5.65. The summed E-state index contributed by atoms with van der Waals surface area (Å²) in [6, 6.07) is 0. The van der Waals surface area contributed by atoms with Gasteiger partial charge >= 0.3 is 6.09 Å². The molecule has 1 saturated heterocycles. The van der Waals surface area contributed by atoms with Gasteiger partial charge in [-0.1, -0.05) is 0 Å². The summed E-state index contributed by atoms with van der Waals surface area (Å²) in [5.74, 6) is -0.278. The van der Waals surface area contributed by atoms with Crippen molar-refractivity contribution >= 4 is 12.0 Å². The predicted molar refractivity (Wildman–Crippen MR) is 66.0 cm³/mol. The number of aliphatic hydroxyl groups excluding tert-OH is 1. The van der Waals surface area contributed by atoms with E-state index in [4.69, 9.17) is 4.74 Å². The summed E-state index contributed by atoms with van der Waals surface area (Å²) in [4.78, 5) is 24.1. The Balaban J connectivity index is 2.47. The second-order valence-corrected chi connectivity index (χ2v) is 5.65. The molecule has 2 N–H and O–H groups in total. The lowest BCUT2D eigenvalue weighted by Gasteiger charge is -2.24. The first-order valence-electron chi connectivity index (χ1n) is 6.09. The van der Waals surface area contributed by atoms with Gasteiger partial charge in [-0.15, -0.1) is 0 Å². The summed E-state index contributed by atoms with van der Waals surface area (Å²) in [7, 11) is 0. The van der Waals surface area contributed by atoms with E-state index in [0.717, 1.165) is 0 Å². The number of ether oxygens (including phenoxy) is 1. The number of amides is 2. The number of aliphatic hydroxyl groups is 1. The summed E-state index contributed by atoms with van der Waals surface area (Å²) < 4.78 is 5.23. The zero-order chi connectivity index (χ0) is 13.9. The Kier molecular flexibility index (Phi) is 4.56. The molecule has 6 nitrogen and oxygen atoms in total. The van der Waals surface area contributed by atoms with Crippen LogP contribution in [0.1, 0.15) is 27.7 Å². The number of likely N-dealkylation sites (tertiary alicyclic amines) is 1. The van der Waals surface area contributed by atoms with Gasteiger partial charge in [0.25, 0.3) is 0 Å². The lowest BCUT2D eigenvalue weighted by Crippen LogP contribution is -2.36. The highest BCUT2D eigenvalue weighted by atomic mass is 16.6. The number of nitrogens with one attached hydrogen (secondary N) is 1. The Hall–Kier alpha value is -1.30. The topological polar surface area (TPSA) is 78.9 Å². The van der Waals surface area contributed by atoms with Gasteiger partial charge in [-0.2, -0.15) is 0 Å². The minimum absolute atomic E-state index is 0.138. The van der Waals surface area contributed by atoms with Crippen molar-refractivity contribution in [1.29, 1.82) is 0 Å². The van der Waals surface area contributed by atoms with E-state index in [1.54, 1.807) is 20.8 Å². The molecule has 1 rings (SSSR count). The smallest absolute Gasteiger partial charge is 0.410 e. The third-order valence-corrected chi connectivity index (χ3v) is 2.67. The number of β-amino-alcohol motifs (C(OH)–C–C–N with tert-alkyl or cyclic N) is 1. The average Bonchev–Trinajstić information content (AvgIpc) is 2.54. The van der Waals surface area contributed by atoms with Gasteiger partial charge in [0.2, 0.25) is 5.91 Å². The Morgan fingerprint density at radius 1 is 1.39 bits per heavy atom. The van der Waals surface area contributed by atoms with Crippen LogP contribution in [0, 0.1) is 5.92 Å². The lowest BCUT2D eigenvalue weighted by atomic mass is 10.1. The van der Waals surface area contributed by atoms with E-state index in [1.807, 2.05) is 0 Å². The number of hydrogen-bond donors (Lipinski definition) is 2. The third kappa shape index (κ3) is 4.52. The minimum Gasteiger partial charge on any atom is -0.444 e. The van der Waals surface area contributed by atoms with Gasteiger partial charge in [0.05, 0.1) is 12.6 Å². The van der Waals surface area contributed by atoms with E-state index in [1.165, 1.54) is 11.8 Å². The molecule has 0 radical (unpaired) electrons. The number of hydrogen-bond acceptors (Lipinski definition) is 4. The number of nitrogens with zero attached hydrogens (tertiary/aromatic N) is 1. The quantitative estimate of drug-likeness (QED) is 0.749. The average molecular weight is 258 g/mol. The fraction of sp³-hybridized carbons (Fsp3) is 0.833. The molecule has 2 atom stereocenters. The van der Waals surface area contributed by atoms with Gasteiger partial charge in [0.1, 0.15) is 5.60 Å². The summed E-state index contributed by atoms with van der Waals surface area (Å²) in [5, 5.41) is 12.5. The number of carbonyl (C=O) groups is 2. The minimum atomic E-state index is -0.621.